The highest BCUT2D eigenvalue weighted by molar-refractivity contribution is 5.85. The molecule has 0 saturated heterocycles. The molecule has 16 heavy (non-hydrogen) atoms. The molecule has 1 aromatic rings. The molecule has 0 radical (unpaired) electrons. The number of rotatable bonds is 5. The SMILES string of the molecule is CCCN(CCC)c1nc(N)nc(N)n1.Cl. The lowest BCUT2D eigenvalue weighted by atomic mass is 10.4. The van der Waals surface area contributed by atoms with Gasteiger partial charge < -0.3 is 16.4 Å². The molecule has 4 N–H and O–H groups in total. The lowest BCUT2D eigenvalue weighted by Crippen LogP contribution is -2.27. The Bertz CT molecular complexity index is 293. The van der Waals surface area contributed by atoms with Gasteiger partial charge in [-0.2, -0.15) is 15.0 Å². The van der Waals surface area contributed by atoms with Crippen molar-refractivity contribution in [3.05, 3.63) is 0 Å². The summed E-state index contributed by atoms with van der Waals surface area (Å²) in [4.78, 5) is 14.0. The average molecular weight is 247 g/mol. The number of hydrogen-bond donors (Lipinski definition) is 2. The number of nitrogens with zero attached hydrogens (tertiary/aromatic N) is 4. The minimum Gasteiger partial charge on any atom is -0.368 e. The van der Waals surface area contributed by atoms with Crippen molar-refractivity contribution < 1.29 is 0 Å². The lowest BCUT2D eigenvalue weighted by Gasteiger charge is -2.21. The second kappa shape index (κ2) is 7.05. The van der Waals surface area contributed by atoms with Gasteiger partial charge in [0.15, 0.2) is 0 Å². The number of aromatic nitrogens is 3. The Balaban J connectivity index is 0.00000225. The van der Waals surface area contributed by atoms with Crippen LogP contribution in [0.4, 0.5) is 17.8 Å². The van der Waals surface area contributed by atoms with Gasteiger partial charge >= 0.3 is 0 Å². The molecular weight excluding hydrogens is 228 g/mol. The Morgan fingerprint density at radius 1 is 0.938 bits per heavy atom. The van der Waals surface area contributed by atoms with E-state index in [1.165, 1.54) is 0 Å². The predicted molar refractivity (Wildman–Crippen MR) is 68.7 cm³/mol. The molecule has 6 nitrogen and oxygen atoms in total. The Kier molecular flexibility index (Phi) is 6.48. The van der Waals surface area contributed by atoms with Crippen LogP contribution in [0.3, 0.4) is 0 Å². The molecule has 0 spiro atoms. The van der Waals surface area contributed by atoms with Crippen molar-refractivity contribution in [2.24, 2.45) is 0 Å². The van der Waals surface area contributed by atoms with E-state index in [9.17, 15) is 0 Å². The maximum atomic E-state index is 5.52. The molecule has 1 heterocycles. The topological polar surface area (TPSA) is 94.0 Å². The van der Waals surface area contributed by atoms with Crippen molar-refractivity contribution in [2.75, 3.05) is 29.5 Å². The Morgan fingerprint density at radius 2 is 1.38 bits per heavy atom. The van der Waals surface area contributed by atoms with E-state index < -0.39 is 0 Å². The Hall–Kier alpha value is -1.30. The van der Waals surface area contributed by atoms with Crippen LogP contribution in [-0.4, -0.2) is 28.0 Å². The van der Waals surface area contributed by atoms with Gasteiger partial charge in [-0.1, -0.05) is 13.8 Å². The maximum absolute atomic E-state index is 5.52. The highest BCUT2D eigenvalue weighted by Crippen LogP contribution is 2.10. The van der Waals surface area contributed by atoms with E-state index >= 15 is 0 Å². The van der Waals surface area contributed by atoms with Gasteiger partial charge in [-0.05, 0) is 12.8 Å². The zero-order chi connectivity index (χ0) is 11.3. The molecular formula is C9H19ClN6. The van der Waals surface area contributed by atoms with Crippen LogP contribution in [0.5, 0.6) is 0 Å². The summed E-state index contributed by atoms with van der Waals surface area (Å²) < 4.78 is 0. The van der Waals surface area contributed by atoms with Crippen LogP contribution in [-0.2, 0) is 0 Å². The van der Waals surface area contributed by atoms with Gasteiger partial charge in [0, 0.05) is 13.1 Å². The summed E-state index contributed by atoms with van der Waals surface area (Å²) in [5.41, 5.74) is 11.0. The third kappa shape index (κ3) is 4.06. The Labute approximate surface area is 102 Å². The highest BCUT2D eigenvalue weighted by atomic mass is 35.5. The Morgan fingerprint density at radius 3 is 1.75 bits per heavy atom. The van der Waals surface area contributed by atoms with Gasteiger partial charge in [-0.25, -0.2) is 0 Å². The number of hydrogen-bond acceptors (Lipinski definition) is 6. The van der Waals surface area contributed by atoms with Gasteiger partial charge in [-0.15, -0.1) is 12.4 Å². The number of nitrogen functional groups attached to an aromatic ring is 2. The summed E-state index contributed by atoms with van der Waals surface area (Å²) in [6, 6.07) is 0. The van der Waals surface area contributed by atoms with E-state index in [-0.39, 0.29) is 24.3 Å². The maximum Gasteiger partial charge on any atom is 0.231 e. The van der Waals surface area contributed by atoms with E-state index in [1.807, 2.05) is 0 Å². The van der Waals surface area contributed by atoms with Crippen LogP contribution >= 0.6 is 12.4 Å². The molecule has 1 aromatic heterocycles. The highest BCUT2D eigenvalue weighted by Gasteiger charge is 2.09. The summed E-state index contributed by atoms with van der Waals surface area (Å²) in [6.07, 6.45) is 2.07. The van der Waals surface area contributed by atoms with Gasteiger partial charge in [0.25, 0.3) is 0 Å². The standard InChI is InChI=1S/C9H18N6.ClH/c1-3-5-15(6-4-2)9-13-7(10)12-8(11)14-9;/h3-6H2,1-2H3,(H4,10,11,12,13,14);1H. The molecule has 0 bridgehead atoms. The molecule has 0 saturated carbocycles. The first-order valence-electron chi connectivity index (χ1n) is 5.19. The van der Waals surface area contributed by atoms with Gasteiger partial charge in [0.05, 0.1) is 0 Å². The van der Waals surface area contributed by atoms with Gasteiger partial charge in [0.1, 0.15) is 0 Å². The van der Waals surface area contributed by atoms with Crippen molar-refractivity contribution in [2.45, 2.75) is 26.7 Å². The van der Waals surface area contributed by atoms with E-state index in [0.29, 0.717) is 5.95 Å². The van der Waals surface area contributed by atoms with Gasteiger partial charge in [-0.3, -0.25) is 0 Å². The first kappa shape index (κ1) is 14.7. The van der Waals surface area contributed by atoms with Crippen LogP contribution in [0, 0.1) is 0 Å². The summed E-state index contributed by atoms with van der Waals surface area (Å²) in [5.74, 6) is 0.924. The minimum atomic E-state index is 0. The van der Waals surface area contributed by atoms with Crippen LogP contribution in [0.25, 0.3) is 0 Å². The fourth-order valence-corrected chi connectivity index (χ4v) is 1.39. The fraction of sp³-hybridized carbons (Fsp3) is 0.667. The van der Waals surface area contributed by atoms with Crippen molar-refractivity contribution in [1.29, 1.82) is 0 Å². The smallest absolute Gasteiger partial charge is 0.231 e. The zero-order valence-electron chi connectivity index (χ0n) is 9.68. The van der Waals surface area contributed by atoms with E-state index in [1.54, 1.807) is 0 Å². The third-order valence-electron chi connectivity index (χ3n) is 1.93. The van der Waals surface area contributed by atoms with E-state index in [2.05, 4.69) is 33.7 Å². The molecule has 0 atom stereocenters. The number of nitrogens with two attached hydrogens (primary N) is 2. The summed E-state index contributed by atoms with van der Waals surface area (Å²) in [7, 11) is 0. The van der Waals surface area contributed by atoms with Crippen LogP contribution in [0.1, 0.15) is 26.7 Å². The van der Waals surface area contributed by atoms with Crippen LogP contribution in [0.2, 0.25) is 0 Å². The molecule has 7 heteroatoms. The predicted octanol–water partition coefficient (Wildman–Crippen LogP) is 1.08. The molecule has 0 fully saturated rings. The van der Waals surface area contributed by atoms with Crippen molar-refractivity contribution in [3.8, 4) is 0 Å². The second-order valence-electron chi connectivity index (χ2n) is 3.34. The van der Waals surface area contributed by atoms with Gasteiger partial charge in [0.2, 0.25) is 17.8 Å². The van der Waals surface area contributed by atoms with E-state index in [0.717, 1.165) is 25.9 Å². The number of halogens is 1. The summed E-state index contributed by atoms with van der Waals surface area (Å²) in [6.45, 7) is 6.01. The first-order valence-corrected chi connectivity index (χ1v) is 5.19. The van der Waals surface area contributed by atoms with Crippen LogP contribution < -0.4 is 16.4 Å². The molecule has 92 valence electrons. The zero-order valence-corrected chi connectivity index (χ0v) is 10.5. The van der Waals surface area contributed by atoms with Crippen molar-refractivity contribution >= 4 is 30.3 Å². The molecule has 1 rings (SSSR count). The monoisotopic (exact) mass is 246 g/mol. The molecule has 0 unspecified atom stereocenters. The molecule has 0 aromatic carbocycles. The second-order valence-corrected chi connectivity index (χ2v) is 3.34. The fourth-order valence-electron chi connectivity index (χ4n) is 1.39. The quantitative estimate of drug-likeness (QED) is 0.808. The summed E-state index contributed by atoms with van der Waals surface area (Å²) >= 11 is 0. The minimum absolute atomic E-state index is 0. The average Bonchev–Trinajstić information content (AvgIpc) is 2.16. The lowest BCUT2D eigenvalue weighted by molar-refractivity contribution is 0.720. The molecule has 0 amide bonds. The largest absolute Gasteiger partial charge is 0.368 e. The molecule has 0 aliphatic carbocycles. The molecule has 0 aliphatic rings. The van der Waals surface area contributed by atoms with Crippen molar-refractivity contribution in [1.82, 2.24) is 15.0 Å². The first-order chi connectivity index (χ1) is 7.17. The third-order valence-corrected chi connectivity index (χ3v) is 1.93. The van der Waals surface area contributed by atoms with Crippen molar-refractivity contribution in [3.63, 3.8) is 0 Å². The number of anilines is 3. The summed E-state index contributed by atoms with van der Waals surface area (Å²) in [5, 5.41) is 0. The van der Waals surface area contributed by atoms with Crippen LogP contribution in [0.15, 0.2) is 0 Å². The molecule has 0 aliphatic heterocycles. The normalized spacial score (nSPS) is 9.62. The van der Waals surface area contributed by atoms with E-state index in [4.69, 9.17) is 11.5 Å².